The molecule has 96 valence electrons. The first kappa shape index (κ1) is 12.7. The van der Waals surface area contributed by atoms with E-state index in [1.54, 1.807) is 17.7 Å². The molecule has 2 aromatic heterocycles. The van der Waals surface area contributed by atoms with Crippen molar-refractivity contribution in [3.63, 3.8) is 0 Å². The number of nitrogens with zero attached hydrogens (tertiary/aromatic N) is 2. The summed E-state index contributed by atoms with van der Waals surface area (Å²) < 4.78 is 11.8. The third kappa shape index (κ3) is 2.41. The summed E-state index contributed by atoms with van der Waals surface area (Å²) in [6.07, 6.45) is 0. The normalized spacial score (nSPS) is 10.8. The molecule has 7 heteroatoms. The van der Waals surface area contributed by atoms with Gasteiger partial charge in [0.15, 0.2) is 0 Å². The van der Waals surface area contributed by atoms with Gasteiger partial charge in [-0.05, 0) is 31.3 Å². The maximum Gasteiger partial charge on any atom is 0.284 e. The van der Waals surface area contributed by atoms with Crippen LogP contribution < -0.4 is 5.56 Å². The van der Waals surface area contributed by atoms with E-state index in [-0.39, 0.29) is 16.3 Å². The van der Waals surface area contributed by atoms with Gasteiger partial charge in [-0.15, -0.1) is 5.10 Å². The minimum absolute atomic E-state index is 0.147. The summed E-state index contributed by atoms with van der Waals surface area (Å²) in [5.74, 6) is 0.205. The predicted octanol–water partition coefficient (Wildman–Crippen LogP) is 1.52. The van der Waals surface area contributed by atoms with Gasteiger partial charge >= 0.3 is 0 Å². The Kier molecular flexibility index (Phi) is 3.73. The Morgan fingerprint density at radius 2 is 2.33 bits per heavy atom. The highest BCUT2D eigenvalue weighted by Gasteiger charge is 2.12. The molecule has 0 aliphatic carbocycles. The number of methoxy groups -OCH3 is 1. The summed E-state index contributed by atoms with van der Waals surface area (Å²) in [4.78, 5) is 12.4. The summed E-state index contributed by atoms with van der Waals surface area (Å²) in [6, 6.07) is 3.51. The lowest BCUT2D eigenvalue weighted by atomic mass is 10.2. The van der Waals surface area contributed by atoms with Gasteiger partial charge in [-0.1, -0.05) is 0 Å². The molecule has 0 atom stereocenters. The lowest BCUT2D eigenvalue weighted by molar-refractivity contribution is 0.185. The van der Waals surface area contributed by atoms with Gasteiger partial charge in [0.2, 0.25) is 0 Å². The molecule has 0 radical (unpaired) electrons. The molecule has 0 spiro atoms. The molecule has 0 saturated heterocycles. The number of nitrogens with one attached hydrogen (secondary N) is 1. The summed E-state index contributed by atoms with van der Waals surface area (Å²) in [6.45, 7) is 2.81. The van der Waals surface area contributed by atoms with Gasteiger partial charge in [0.05, 0.1) is 6.61 Å². The van der Waals surface area contributed by atoms with E-state index in [2.05, 4.69) is 10.2 Å². The van der Waals surface area contributed by atoms with Crippen LogP contribution in [0.2, 0.25) is 0 Å². The van der Waals surface area contributed by atoms with E-state index in [0.717, 1.165) is 5.69 Å². The van der Waals surface area contributed by atoms with Crippen LogP contribution >= 0.6 is 12.2 Å². The van der Waals surface area contributed by atoms with Gasteiger partial charge in [-0.3, -0.25) is 4.79 Å². The maximum atomic E-state index is 12.3. The Balaban J connectivity index is 2.50. The largest absolute Gasteiger partial charge is 0.409 e. The lowest BCUT2D eigenvalue weighted by Crippen LogP contribution is -2.25. The zero-order chi connectivity index (χ0) is 13.1. The highest BCUT2D eigenvalue weighted by atomic mass is 32.1. The van der Waals surface area contributed by atoms with E-state index >= 15 is 0 Å². The van der Waals surface area contributed by atoms with Crippen molar-refractivity contribution < 1.29 is 9.15 Å². The monoisotopic (exact) mass is 267 g/mol. The summed E-state index contributed by atoms with van der Waals surface area (Å²) in [5, 5.41) is 6.35. The van der Waals surface area contributed by atoms with Gasteiger partial charge < -0.3 is 13.7 Å². The Hall–Kier alpha value is -1.73. The van der Waals surface area contributed by atoms with Crippen molar-refractivity contribution in [1.29, 1.82) is 0 Å². The van der Waals surface area contributed by atoms with Crippen LogP contribution in [0.4, 0.5) is 0 Å². The zero-order valence-electron chi connectivity index (χ0n) is 10.1. The van der Waals surface area contributed by atoms with Crippen LogP contribution in [-0.2, 0) is 11.3 Å². The van der Waals surface area contributed by atoms with Gasteiger partial charge in [-0.25, -0.2) is 5.10 Å². The van der Waals surface area contributed by atoms with Crippen LogP contribution in [0.15, 0.2) is 21.3 Å². The summed E-state index contributed by atoms with van der Waals surface area (Å²) in [7, 11) is 1.59. The highest BCUT2D eigenvalue weighted by Crippen LogP contribution is 2.12. The highest BCUT2D eigenvalue weighted by molar-refractivity contribution is 7.71. The average Bonchev–Trinajstić information content (AvgIpc) is 2.76. The number of H-pyrrole nitrogens is 1. The number of pyridine rings is 1. The number of aryl methyl sites for hydroxylation is 1. The van der Waals surface area contributed by atoms with E-state index in [4.69, 9.17) is 21.4 Å². The maximum absolute atomic E-state index is 12.3. The lowest BCUT2D eigenvalue weighted by Gasteiger charge is -2.09. The van der Waals surface area contributed by atoms with E-state index < -0.39 is 0 Å². The number of aromatic nitrogens is 3. The summed E-state index contributed by atoms with van der Waals surface area (Å²) in [5.41, 5.74) is 1.07. The van der Waals surface area contributed by atoms with Gasteiger partial charge in [-0.2, -0.15) is 0 Å². The van der Waals surface area contributed by atoms with E-state index in [0.29, 0.717) is 18.7 Å². The quantitative estimate of drug-likeness (QED) is 0.850. The van der Waals surface area contributed by atoms with Gasteiger partial charge in [0.25, 0.3) is 16.3 Å². The van der Waals surface area contributed by atoms with Gasteiger partial charge in [0, 0.05) is 19.3 Å². The van der Waals surface area contributed by atoms with Crippen LogP contribution in [0.3, 0.4) is 0 Å². The van der Waals surface area contributed by atoms with Crippen molar-refractivity contribution in [2.24, 2.45) is 0 Å². The number of hydrogen-bond donors (Lipinski definition) is 1. The van der Waals surface area contributed by atoms with Crippen LogP contribution in [0.25, 0.3) is 11.5 Å². The molecule has 2 rings (SSSR count). The zero-order valence-corrected chi connectivity index (χ0v) is 10.9. The molecule has 2 heterocycles. The second-order valence-corrected chi connectivity index (χ2v) is 4.13. The second-order valence-electron chi connectivity index (χ2n) is 3.76. The van der Waals surface area contributed by atoms with E-state index in [1.165, 1.54) is 0 Å². The summed E-state index contributed by atoms with van der Waals surface area (Å²) >= 11 is 4.79. The average molecular weight is 267 g/mol. The number of hydrogen-bond acceptors (Lipinski definition) is 5. The Labute approximate surface area is 108 Å². The van der Waals surface area contributed by atoms with Crippen molar-refractivity contribution in [2.45, 2.75) is 13.5 Å². The van der Waals surface area contributed by atoms with Crippen LogP contribution in [0, 0.1) is 11.8 Å². The topological polar surface area (TPSA) is 73.1 Å². The van der Waals surface area contributed by atoms with Crippen molar-refractivity contribution >= 4 is 12.2 Å². The van der Waals surface area contributed by atoms with Crippen LogP contribution in [0.5, 0.6) is 0 Å². The Morgan fingerprint density at radius 3 is 2.94 bits per heavy atom. The first-order chi connectivity index (χ1) is 8.63. The number of ether oxygens (including phenoxy) is 1. The fraction of sp³-hybridized carbons (Fsp3) is 0.364. The Bertz CT molecular complexity index is 656. The fourth-order valence-corrected chi connectivity index (χ4v) is 1.76. The molecular formula is C11H13N3O3S. The molecule has 0 amide bonds. The Morgan fingerprint density at radius 1 is 1.56 bits per heavy atom. The van der Waals surface area contributed by atoms with Crippen LogP contribution in [0.1, 0.15) is 5.69 Å². The molecule has 0 aromatic carbocycles. The van der Waals surface area contributed by atoms with Crippen LogP contribution in [-0.4, -0.2) is 28.5 Å². The fourth-order valence-electron chi connectivity index (χ4n) is 1.64. The molecule has 0 aliphatic heterocycles. The smallest absolute Gasteiger partial charge is 0.284 e. The molecule has 0 fully saturated rings. The molecule has 0 aliphatic rings. The minimum Gasteiger partial charge on any atom is -0.409 e. The molecule has 0 saturated carbocycles. The molecule has 2 aromatic rings. The minimum atomic E-state index is -0.169. The number of aromatic amines is 1. The standard InChI is InChI=1S/C11H13N3O3S/c1-7-3-4-8(9-12-13-11(18)17-9)10(15)14(7)5-6-16-2/h3-4H,5-6H2,1-2H3,(H,13,18). The van der Waals surface area contributed by atoms with E-state index in [9.17, 15) is 4.79 Å². The third-order valence-electron chi connectivity index (χ3n) is 2.58. The van der Waals surface area contributed by atoms with Crippen molar-refractivity contribution in [1.82, 2.24) is 14.8 Å². The molecule has 0 bridgehead atoms. The second kappa shape index (κ2) is 5.28. The van der Waals surface area contributed by atoms with Crippen molar-refractivity contribution in [3.8, 4) is 11.5 Å². The van der Waals surface area contributed by atoms with Crippen molar-refractivity contribution in [3.05, 3.63) is 33.0 Å². The first-order valence-corrected chi connectivity index (χ1v) is 5.79. The van der Waals surface area contributed by atoms with Crippen molar-refractivity contribution in [2.75, 3.05) is 13.7 Å². The first-order valence-electron chi connectivity index (χ1n) is 5.38. The number of rotatable bonds is 4. The molecule has 18 heavy (non-hydrogen) atoms. The van der Waals surface area contributed by atoms with E-state index in [1.807, 2.05) is 13.0 Å². The SMILES string of the molecule is COCCn1c(C)ccc(-c2n[nH]c(=S)o2)c1=O. The molecular weight excluding hydrogens is 254 g/mol. The molecule has 1 N–H and O–H groups in total. The van der Waals surface area contributed by atoms with Gasteiger partial charge in [0.1, 0.15) is 5.56 Å². The predicted molar refractivity (Wildman–Crippen MR) is 68.0 cm³/mol. The third-order valence-corrected chi connectivity index (χ3v) is 2.75. The molecule has 6 nitrogen and oxygen atoms in total. The molecule has 0 unspecified atom stereocenters.